The minimum absolute atomic E-state index is 0.0918. The number of benzene rings is 3. The van der Waals surface area contributed by atoms with Gasteiger partial charge >= 0.3 is 0 Å². The third-order valence-corrected chi connectivity index (χ3v) is 6.94. The Hall–Kier alpha value is -3.52. The Balaban J connectivity index is 1.94. The summed E-state index contributed by atoms with van der Waals surface area (Å²) in [6.07, 6.45) is 0. The highest BCUT2D eigenvalue weighted by Crippen LogP contribution is 2.33. The van der Waals surface area contributed by atoms with E-state index in [9.17, 15) is 13.2 Å². The van der Waals surface area contributed by atoms with Crippen molar-refractivity contribution in [1.29, 1.82) is 0 Å². The molecule has 0 heterocycles. The van der Waals surface area contributed by atoms with Crippen LogP contribution in [0.5, 0.6) is 11.5 Å². The fraction of sp³-hybridized carbons (Fsp3) is 0.240. The number of sulfonamides is 1. The molecule has 0 atom stereocenters. The molecule has 0 aromatic heterocycles. The molecule has 3 rings (SSSR count). The van der Waals surface area contributed by atoms with E-state index in [2.05, 4.69) is 5.32 Å². The molecule has 8 heteroatoms. The summed E-state index contributed by atoms with van der Waals surface area (Å²) in [4.78, 5) is 13.0. The molecule has 0 aliphatic heterocycles. The average molecular weight is 469 g/mol. The standard InChI is InChI=1S/C25H28N2O5S/c1-18-9-12-21(13-10-18)33(29,30)27(22-15-19(2)11-14-24(22)32-4)17-25(28)26-16-20-7-5-6-8-23(20)31-3/h5-15H,16-17H2,1-4H3,(H,26,28). The monoisotopic (exact) mass is 468 g/mol. The maximum Gasteiger partial charge on any atom is 0.264 e. The Bertz CT molecular complexity index is 1220. The van der Waals surface area contributed by atoms with Gasteiger partial charge in [-0.15, -0.1) is 0 Å². The number of ether oxygens (including phenoxy) is 2. The van der Waals surface area contributed by atoms with Gasteiger partial charge in [-0.05, 0) is 49.7 Å². The highest BCUT2D eigenvalue weighted by Gasteiger charge is 2.29. The molecule has 0 saturated carbocycles. The fourth-order valence-electron chi connectivity index (χ4n) is 3.36. The predicted molar refractivity (Wildman–Crippen MR) is 128 cm³/mol. The second kappa shape index (κ2) is 10.4. The molecule has 0 aliphatic rings. The summed E-state index contributed by atoms with van der Waals surface area (Å²) < 4.78 is 39.0. The van der Waals surface area contributed by atoms with Crippen LogP contribution in [-0.2, 0) is 21.4 Å². The molecule has 174 valence electrons. The van der Waals surface area contributed by atoms with E-state index in [0.717, 1.165) is 21.0 Å². The summed E-state index contributed by atoms with van der Waals surface area (Å²) in [6, 6.07) is 19.0. The quantitative estimate of drug-likeness (QED) is 0.516. The first-order valence-electron chi connectivity index (χ1n) is 10.4. The van der Waals surface area contributed by atoms with E-state index in [4.69, 9.17) is 9.47 Å². The number of para-hydroxylation sites is 1. The van der Waals surface area contributed by atoms with Crippen LogP contribution in [-0.4, -0.2) is 35.1 Å². The van der Waals surface area contributed by atoms with Gasteiger partial charge in [-0.2, -0.15) is 0 Å². The third-order valence-electron chi connectivity index (χ3n) is 5.17. The number of methoxy groups -OCH3 is 2. The molecule has 33 heavy (non-hydrogen) atoms. The maximum absolute atomic E-state index is 13.6. The average Bonchev–Trinajstić information content (AvgIpc) is 2.81. The van der Waals surface area contributed by atoms with Crippen molar-refractivity contribution in [2.45, 2.75) is 25.3 Å². The summed E-state index contributed by atoms with van der Waals surface area (Å²) in [5.74, 6) is 0.538. The van der Waals surface area contributed by atoms with Crippen LogP contribution >= 0.6 is 0 Å². The normalized spacial score (nSPS) is 11.0. The van der Waals surface area contributed by atoms with Crippen LogP contribution in [0.15, 0.2) is 71.6 Å². The van der Waals surface area contributed by atoms with Crippen LogP contribution in [0, 0.1) is 13.8 Å². The molecule has 7 nitrogen and oxygen atoms in total. The molecule has 0 unspecified atom stereocenters. The van der Waals surface area contributed by atoms with Crippen molar-refractivity contribution in [2.75, 3.05) is 25.1 Å². The topological polar surface area (TPSA) is 84.9 Å². The van der Waals surface area contributed by atoms with Gasteiger partial charge < -0.3 is 14.8 Å². The van der Waals surface area contributed by atoms with Crippen molar-refractivity contribution in [3.8, 4) is 11.5 Å². The molecule has 0 fully saturated rings. The van der Waals surface area contributed by atoms with Crippen molar-refractivity contribution in [3.05, 3.63) is 83.4 Å². The smallest absolute Gasteiger partial charge is 0.264 e. The van der Waals surface area contributed by atoms with E-state index in [-0.39, 0.29) is 11.4 Å². The largest absolute Gasteiger partial charge is 0.496 e. The summed E-state index contributed by atoms with van der Waals surface area (Å²) in [5.41, 5.74) is 2.85. The SMILES string of the molecule is COc1ccccc1CNC(=O)CN(c1cc(C)ccc1OC)S(=O)(=O)c1ccc(C)cc1. The third kappa shape index (κ3) is 5.64. The highest BCUT2D eigenvalue weighted by atomic mass is 32.2. The van der Waals surface area contributed by atoms with Crippen LogP contribution in [0.1, 0.15) is 16.7 Å². The number of carbonyl (C=O) groups is 1. The predicted octanol–water partition coefficient (Wildman–Crippen LogP) is 3.83. The van der Waals surface area contributed by atoms with E-state index < -0.39 is 22.5 Å². The number of nitrogens with zero attached hydrogens (tertiary/aromatic N) is 1. The number of nitrogens with one attached hydrogen (secondary N) is 1. The van der Waals surface area contributed by atoms with E-state index in [1.165, 1.54) is 19.2 Å². The van der Waals surface area contributed by atoms with Gasteiger partial charge in [-0.25, -0.2) is 8.42 Å². The zero-order valence-electron chi connectivity index (χ0n) is 19.2. The summed E-state index contributed by atoms with van der Waals surface area (Å²) in [7, 11) is -1.02. The molecule has 3 aromatic carbocycles. The van der Waals surface area contributed by atoms with Gasteiger partial charge in [0.25, 0.3) is 10.0 Å². The first-order chi connectivity index (χ1) is 15.8. The Morgan fingerprint density at radius 1 is 0.879 bits per heavy atom. The molecule has 0 aliphatic carbocycles. The van der Waals surface area contributed by atoms with Crippen molar-refractivity contribution in [3.63, 3.8) is 0 Å². The minimum atomic E-state index is -4.04. The van der Waals surface area contributed by atoms with Gasteiger partial charge in [0.2, 0.25) is 5.91 Å². The van der Waals surface area contributed by atoms with Gasteiger partial charge in [0, 0.05) is 12.1 Å². The summed E-state index contributed by atoms with van der Waals surface area (Å²) >= 11 is 0. The van der Waals surface area contributed by atoms with Gasteiger partial charge in [0.05, 0.1) is 24.8 Å². The molecular formula is C25H28N2O5S. The summed E-state index contributed by atoms with van der Waals surface area (Å²) in [6.45, 7) is 3.52. The lowest BCUT2D eigenvalue weighted by atomic mass is 10.2. The van der Waals surface area contributed by atoms with E-state index in [1.54, 1.807) is 37.4 Å². The number of anilines is 1. The second-order valence-electron chi connectivity index (χ2n) is 7.59. The number of hydrogen-bond donors (Lipinski definition) is 1. The molecule has 0 saturated heterocycles. The zero-order chi connectivity index (χ0) is 24.0. The number of aryl methyl sites for hydroxylation is 2. The lowest BCUT2D eigenvalue weighted by Gasteiger charge is -2.26. The van der Waals surface area contributed by atoms with Crippen LogP contribution in [0.4, 0.5) is 5.69 Å². The van der Waals surface area contributed by atoms with E-state index >= 15 is 0 Å². The highest BCUT2D eigenvalue weighted by molar-refractivity contribution is 7.92. The molecular weight excluding hydrogens is 440 g/mol. The van der Waals surface area contributed by atoms with Crippen molar-refractivity contribution in [1.82, 2.24) is 5.32 Å². The number of rotatable bonds is 9. The maximum atomic E-state index is 13.6. The molecule has 0 bridgehead atoms. The number of carbonyl (C=O) groups excluding carboxylic acids is 1. The van der Waals surface area contributed by atoms with Gasteiger partial charge in [-0.3, -0.25) is 9.10 Å². The van der Waals surface area contributed by atoms with Crippen molar-refractivity contribution >= 4 is 21.6 Å². The van der Waals surface area contributed by atoms with Crippen molar-refractivity contribution < 1.29 is 22.7 Å². The molecule has 1 N–H and O–H groups in total. The lowest BCUT2D eigenvalue weighted by molar-refractivity contribution is -0.119. The zero-order valence-corrected chi connectivity index (χ0v) is 20.0. The lowest BCUT2D eigenvalue weighted by Crippen LogP contribution is -2.41. The Morgan fingerprint density at radius 3 is 2.18 bits per heavy atom. The molecule has 0 radical (unpaired) electrons. The van der Waals surface area contributed by atoms with E-state index in [0.29, 0.717) is 17.2 Å². The van der Waals surface area contributed by atoms with Gasteiger partial charge in [0.15, 0.2) is 0 Å². The number of hydrogen-bond acceptors (Lipinski definition) is 5. The first kappa shape index (κ1) is 24.1. The molecule has 3 aromatic rings. The first-order valence-corrected chi connectivity index (χ1v) is 11.8. The summed E-state index contributed by atoms with van der Waals surface area (Å²) in [5, 5.41) is 2.79. The van der Waals surface area contributed by atoms with Crippen molar-refractivity contribution in [2.24, 2.45) is 0 Å². The van der Waals surface area contributed by atoms with Crippen LogP contribution < -0.4 is 19.1 Å². The van der Waals surface area contributed by atoms with Crippen LogP contribution in [0.25, 0.3) is 0 Å². The Kier molecular flexibility index (Phi) is 7.60. The van der Waals surface area contributed by atoms with Crippen LogP contribution in [0.2, 0.25) is 0 Å². The molecule has 1 amide bonds. The molecule has 0 spiro atoms. The van der Waals surface area contributed by atoms with Crippen LogP contribution in [0.3, 0.4) is 0 Å². The minimum Gasteiger partial charge on any atom is -0.496 e. The van der Waals surface area contributed by atoms with Gasteiger partial charge in [-0.1, -0.05) is 42.0 Å². The second-order valence-corrected chi connectivity index (χ2v) is 9.45. The van der Waals surface area contributed by atoms with Gasteiger partial charge in [0.1, 0.15) is 18.0 Å². The Labute approximate surface area is 195 Å². The van der Waals surface area contributed by atoms with E-state index in [1.807, 2.05) is 38.1 Å². The number of amides is 1. The fourth-order valence-corrected chi connectivity index (χ4v) is 4.78. The Morgan fingerprint density at radius 2 is 1.52 bits per heavy atom.